The van der Waals surface area contributed by atoms with Gasteiger partial charge in [0.15, 0.2) is 0 Å². The van der Waals surface area contributed by atoms with Crippen molar-refractivity contribution in [1.29, 1.82) is 0 Å². The molecular formula is C14H22N2O3. The van der Waals surface area contributed by atoms with Crippen LogP contribution in [-0.2, 0) is 4.79 Å². The Morgan fingerprint density at radius 2 is 2.26 bits per heavy atom. The molecule has 1 saturated heterocycles. The Bertz CT molecular complexity index is 386. The topological polar surface area (TPSA) is 69.6 Å². The molecule has 5 nitrogen and oxygen atoms in total. The largest absolute Gasteiger partial charge is 0.481 e. The zero-order chi connectivity index (χ0) is 13.8. The van der Waals surface area contributed by atoms with Crippen LogP contribution in [0.5, 0.6) is 0 Å². The van der Waals surface area contributed by atoms with Crippen LogP contribution in [0.15, 0.2) is 11.6 Å². The fourth-order valence-corrected chi connectivity index (χ4v) is 2.60. The number of likely N-dealkylation sites (tertiary alicyclic amines) is 1. The Kier molecular flexibility index (Phi) is 4.45. The summed E-state index contributed by atoms with van der Waals surface area (Å²) in [5.41, 5.74) is 1.45. The second kappa shape index (κ2) is 6.08. The van der Waals surface area contributed by atoms with Gasteiger partial charge in [-0.1, -0.05) is 18.6 Å². The van der Waals surface area contributed by atoms with E-state index in [9.17, 15) is 9.59 Å². The van der Waals surface area contributed by atoms with Crippen molar-refractivity contribution in [2.75, 3.05) is 19.6 Å². The lowest BCUT2D eigenvalue weighted by Crippen LogP contribution is -2.56. The number of hydrogen-bond acceptors (Lipinski definition) is 2. The highest BCUT2D eigenvalue weighted by Gasteiger charge is 2.36. The van der Waals surface area contributed by atoms with E-state index >= 15 is 0 Å². The first-order chi connectivity index (χ1) is 9.08. The Hall–Kier alpha value is -1.52. The molecule has 1 unspecified atom stereocenters. The molecule has 0 spiro atoms. The quantitative estimate of drug-likeness (QED) is 0.746. The third kappa shape index (κ3) is 3.49. The van der Waals surface area contributed by atoms with Crippen molar-refractivity contribution >= 4 is 12.0 Å². The number of aliphatic carboxylic acids is 1. The van der Waals surface area contributed by atoms with Gasteiger partial charge in [0.05, 0.1) is 5.92 Å². The number of amides is 2. The standard InChI is InChI=1S/C14H22N2O3/c1-10(13(17)18)12-8-16(9-12)14(19)15-7-6-11-4-2-3-5-11/h4,10,12H,2-3,5-9H2,1H3,(H,15,19)(H,17,18). The van der Waals surface area contributed by atoms with E-state index in [0.29, 0.717) is 19.6 Å². The van der Waals surface area contributed by atoms with Crippen LogP contribution in [0.2, 0.25) is 0 Å². The number of carbonyl (C=O) groups is 2. The predicted molar refractivity (Wildman–Crippen MR) is 71.8 cm³/mol. The van der Waals surface area contributed by atoms with Gasteiger partial charge in [-0.25, -0.2) is 4.79 Å². The van der Waals surface area contributed by atoms with Gasteiger partial charge < -0.3 is 15.3 Å². The lowest BCUT2D eigenvalue weighted by molar-refractivity contribution is -0.144. The summed E-state index contributed by atoms with van der Waals surface area (Å²) >= 11 is 0. The van der Waals surface area contributed by atoms with Crippen molar-refractivity contribution in [3.63, 3.8) is 0 Å². The van der Waals surface area contributed by atoms with Gasteiger partial charge in [0.2, 0.25) is 0 Å². The maximum Gasteiger partial charge on any atom is 0.317 e. The molecule has 2 rings (SSSR count). The summed E-state index contributed by atoms with van der Waals surface area (Å²) in [4.78, 5) is 24.3. The molecule has 1 fully saturated rings. The molecule has 0 bridgehead atoms. The Balaban J connectivity index is 1.62. The molecule has 0 radical (unpaired) electrons. The van der Waals surface area contributed by atoms with E-state index in [0.717, 1.165) is 12.8 Å². The zero-order valence-corrected chi connectivity index (χ0v) is 11.4. The van der Waals surface area contributed by atoms with Crippen LogP contribution in [0.4, 0.5) is 4.79 Å². The summed E-state index contributed by atoms with van der Waals surface area (Å²) in [6.45, 7) is 3.50. The first-order valence-corrected chi connectivity index (χ1v) is 7.01. The first kappa shape index (κ1) is 13.9. The average molecular weight is 266 g/mol. The molecule has 1 aliphatic carbocycles. The maximum atomic E-state index is 11.8. The zero-order valence-electron chi connectivity index (χ0n) is 11.4. The lowest BCUT2D eigenvalue weighted by Gasteiger charge is -2.41. The summed E-state index contributed by atoms with van der Waals surface area (Å²) in [7, 11) is 0. The number of nitrogens with one attached hydrogen (secondary N) is 1. The highest BCUT2D eigenvalue weighted by molar-refractivity contribution is 5.76. The van der Waals surface area contributed by atoms with Gasteiger partial charge in [-0.2, -0.15) is 0 Å². The molecule has 0 saturated carbocycles. The van der Waals surface area contributed by atoms with Gasteiger partial charge in [0, 0.05) is 25.6 Å². The van der Waals surface area contributed by atoms with Crippen molar-refractivity contribution in [3.8, 4) is 0 Å². The van der Waals surface area contributed by atoms with Crippen LogP contribution >= 0.6 is 0 Å². The minimum absolute atomic E-state index is 0.0626. The summed E-state index contributed by atoms with van der Waals surface area (Å²) in [5, 5.41) is 11.8. The highest BCUT2D eigenvalue weighted by atomic mass is 16.4. The van der Waals surface area contributed by atoms with Gasteiger partial charge in [0.25, 0.3) is 0 Å². The predicted octanol–water partition coefficient (Wildman–Crippen LogP) is 1.85. The fraction of sp³-hybridized carbons (Fsp3) is 0.714. The number of nitrogens with zero attached hydrogens (tertiary/aromatic N) is 1. The summed E-state index contributed by atoms with van der Waals surface area (Å²) in [6, 6.07) is -0.0626. The summed E-state index contributed by atoms with van der Waals surface area (Å²) in [5.74, 6) is -1.05. The second-order valence-electron chi connectivity index (χ2n) is 5.53. The fourth-order valence-electron chi connectivity index (χ4n) is 2.60. The Morgan fingerprint density at radius 1 is 1.53 bits per heavy atom. The van der Waals surface area contributed by atoms with Crippen LogP contribution in [0.3, 0.4) is 0 Å². The number of urea groups is 1. The maximum absolute atomic E-state index is 11.8. The second-order valence-corrected chi connectivity index (χ2v) is 5.53. The molecule has 1 atom stereocenters. The van der Waals surface area contributed by atoms with Crippen LogP contribution in [0.25, 0.3) is 0 Å². The minimum atomic E-state index is -0.779. The molecule has 1 aliphatic heterocycles. The number of hydrogen-bond donors (Lipinski definition) is 2. The van der Waals surface area contributed by atoms with Gasteiger partial charge in [-0.05, 0) is 25.7 Å². The molecule has 0 aromatic heterocycles. The van der Waals surface area contributed by atoms with Crippen LogP contribution in [0, 0.1) is 11.8 Å². The van der Waals surface area contributed by atoms with Gasteiger partial charge in [-0.15, -0.1) is 0 Å². The monoisotopic (exact) mass is 266 g/mol. The van der Waals surface area contributed by atoms with Crippen molar-refractivity contribution < 1.29 is 14.7 Å². The normalized spacial score (nSPS) is 20.7. The molecule has 2 aliphatic rings. The van der Waals surface area contributed by atoms with Crippen molar-refractivity contribution in [1.82, 2.24) is 10.2 Å². The van der Waals surface area contributed by atoms with Gasteiger partial charge in [-0.3, -0.25) is 4.79 Å². The van der Waals surface area contributed by atoms with E-state index in [-0.39, 0.29) is 17.9 Å². The molecule has 0 aromatic carbocycles. The summed E-state index contributed by atoms with van der Waals surface area (Å²) in [6.07, 6.45) is 6.78. The summed E-state index contributed by atoms with van der Waals surface area (Å²) < 4.78 is 0. The number of carbonyl (C=O) groups excluding carboxylic acids is 1. The number of allylic oxidation sites excluding steroid dienone is 1. The smallest absolute Gasteiger partial charge is 0.317 e. The van der Waals surface area contributed by atoms with Crippen LogP contribution < -0.4 is 5.32 Å². The van der Waals surface area contributed by atoms with E-state index in [2.05, 4.69) is 11.4 Å². The van der Waals surface area contributed by atoms with E-state index in [1.165, 1.54) is 18.4 Å². The molecular weight excluding hydrogens is 244 g/mol. The molecule has 2 amide bonds. The number of rotatable bonds is 5. The number of carboxylic acid groups (broad SMARTS) is 1. The van der Waals surface area contributed by atoms with E-state index < -0.39 is 5.97 Å². The van der Waals surface area contributed by atoms with E-state index in [4.69, 9.17) is 5.11 Å². The van der Waals surface area contributed by atoms with Crippen LogP contribution in [-0.4, -0.2) is 41.6 Å². The van der Waals surface area contributed by atoms with Crippen LogP contribution in [0.1, 0.15) is 32.6 Å². The molecule has 2 N–H and O–H groups in total. The van der Waals surface area contributed by atoms with Gasteiger partial charge in [0.1, 0.15) is 0 Å². The van der Waals surface area contributed by atoms with Crippen molar-refractivity contribution in [2.24, 2.45) is 11.8 Å². The molecule has 5 heteroatoms. The first-order valence-electron chi connectivity index (χ1n) is 7.01. The molecule has 19 heavy (non-hydrogen) atoms. The minimum Gasteiger partial charge on any atom is -0.481 e. The van der Waals surface area contributed by atoms with Gasteiger partial charge >= 0.3 is 12.0 Å². The van der Waals surface area contributed by atoms with E-state index in [1.54, 1.807) is 11.8 Å². The highest BCUT2D eigenvalue weighted by Crippen LogP contribution is 2.24. The Labute approximate surface area is 113 Å². The third-order valence-electron chi connectivity index (χ3n) is 4.15. The molecule has 1 heterocycles. The van der Waals surface area contributed by atoms with E-state index in [1.807, 2.05) is 0 Å². The molecule has 106 valence electrons. The lowest BCUT2D eigenvalue weighted by atomic mass is 9.87. The Morgan fingerprint density at radius 3 is 2.84 bits per heavy atom. The average Bonchev–Trinajstić information content (AvgIpc) is 2.79. The van der Waals surface area contributed by atoms with Crippen molar-refractivity contribution in [3.05, 3.63) is 11.6 Å². The third-order valence-corrected chi connectivity index (χ3v) is 4.15. The van der Waals surface area contributed by atoms with Crippen molar-refractivity contribution in [2.45, 2.75) is 32.6 Å². The number of carboxylic acids is 1. The SMILES string of the molecule is CC(C(=O)O)C1CN(C(=O)NCCC2=CCCC2)C1. The molecule has 0 aromatic rings.